The van der Waals surface area contributed by atoms with Gasteiger partial charge in [-0.1, -0.05) is 30.3 Å². The molecule has 2 saturated heterocycles. The van der Waals surface area contributed by atoms with Gasteiger partial charge in [0.25, 0.3) is 0 Å². The molecule has 1 aromatic heterocycles. The fourth-order valence-electron chi connectivity index (χ4n) is 4.79. The third-order valence-electron chi connectivity index (χ3n) is 6.50. The molecule has 6 heteroatoms. The van der Waals surface area contributed by atoms with Gasteiger partial charge < -0.3 is 9.64 Å². The van der Waals surface area contributed by atoms with E-state index in [0.717, 1.165) is 49.4 Å². The number of aryl methyl sites for hydroxylation is 2. The Balaban J connectivity index is 1.42. The Hall–Kier alpha value is -2.18. The molecule has 0 aliphatic carbocycles. The molecule has 156 valence electrons. The lowest BCUT2D eigenvalue weighted by Crippen LogP contribution is -2.48. The van der Waals surface area contributed by atoms with E-state index in [-0.39, 0.29) is 12.0 Å². The quantitative estimate of drug-likeness (QED) is 0.797. The van der Waals surface area contributed by atoms with Crippen LogP contribution in [-0.4, -0.2) is 58.3 Å². The van der Waals surface area contributed by atoms with Crippen molar-refractivity contribution in [1.29, 1.82) is 0 Å². The summed E-state index contributed by atoms with van der Waals surface area (Å²) in [5.41, 5.74) is 4.61. The lowest BCUT2D eigenvalue weighted by Gasteiger charge is -2.40. The maximum atomic E-state index is 13.5. The van der Waals surface area contributed by atoms with E-state index in [1.807, 2.05) is 18.7 Å². The van der Waals surface area contributed by atoms with Gasteiger partial charge in [-0.3, -0.25) is 14.4 Å². The molecular weight excluding hydrogens is 364 g/mol. The van der Waals surface area contributed by atoms with Gasteiger partial charge in [-0.25, -0.2) is 0 Å². The lowest BCUT2D eigenvalue weighted by atomic mass is 9.93. The van der Waals surface area contributed by atoms with Crippen molar-refractivity contribution in [3.05, 3.63) is 52.8 Å². The van der Waals surface area contributed by atoms with Gasteiger partial charge in [-0.05, 0) is 45.3 Å². The van der Waals surface area contributed by atoms with E-state index in [1.54, 1.807) is 0 Å². The van der Waals surface area contributed by atoms with Crippen LogP contribution in [0.5, 0.6) is 0 Å². The molecule has 0 saturated carbocycles. The Morgan fingerprint density at radius 3 is 2.52 bits per heavy atom. The first kappa shape index (κ1) is 20.1. The summed E-state index contributed by atoms with van der Waals surface area (Å²) in [4.78, 5) is 18.0. The Kier molecular flexibility index (Phi) is 6.01. The van der Waals surface area contributed by atoms with E-state index in [9.17, 15) is 4.79 Å². The standard InChI is InChI=1S/C23H32N4O2/c1-17-22(18(2)25(3)24-17)21-16-29-14-13-27(21)23(28)20-9-11-26(12-10-20)15-19-7-5-4-6-8-19/h4-8,20-21H,9-16H2,1-3H3/t21-/m1/s1. The van der Waals surface area contributed by atoms with E-state index in [0.29, 0.717) is 25.7 Å². The van der Waals surface area contributed by atoms with Gasteiger partial charge in [0.05, 0.1) is 24.9 Å². The van der Waals surface area contributed by atoms with Crippen molar-refractivity contribution in [1.82, 2.24) is 19.6 Å². The summed E-state index contributed by atoms with van der Waals surface area (Å²) < 4.78 is 7.67. The second kappa shape index (κ2) is 8.67. The first-order valence-electron chi connectivity index (χ1n) is 10.7. The third kappa shape index (κ3) is 4.23. The molecule has 0 bridgehead atoms. The number of carbonyl (C=O) groups excluding carboxylic acids is 1. The average molecular weight is 397 g/mol. The summed E-state index contributed by atoms with van der Waals surface area (Å²) in [6.07, 6.45) is 1.86. The second-order valence-electron chi connectivity index (χ2n) is 8.37. The number of ether oxygens (including phenoxy) is 1. The maximum absolute atomic E-state index is 13.5. The third-order valence-corrected chi connectivity index (χ3v) is 6.50. The van der Waals surface area contributed by atoms with Crippen LogP contribution in [0.25, 0.3) is 0 Å². The zero-order chi connectivity index (χ0) is 20.4. The van der Waals surface area contributed by atoms with Gasteiger partial charge >= 0.3 is 0 Å². The summed E-state index contributed by atoms with van der Waals surface area (Å²) >= 11 is 0. The molecule has 0 N–H and O–H groups in total. The molecule has 1 amide bonds. The number of amides is 1. The number of nitrogens with zero attached hydrogens (tertiary/aromatic N) is 4. The molecule has 1 atom stereocenters. The molecule has 3 heterocycles. The lowest BCUT2D eigenvalue weighted by molar-refractivity contribution is -0.146. The Morgan fingerprint density at radius 1 is 1.14 bits per heavy atom. The zero-order valence-electron chi connectivity index (χ0n) is 17.8. The van der Waals surface area contributed by atoms with Gasteiger partial charge in [0, 0.05) is 37.3 Å². The first-order valence-corrected chi connectivity index (χ1v) is 10.7. The van der Waals surface area contributed by atoms with Crippen LogP contribution in [0.3, 0.4) is 0 Å². The van der Waals surface area contributed by atoms with E-state index >= 15 is 0 Å². The van der Waals surface area contributed by atoms with Crippen molar-refractivity contribution in [3.8, 4) is 0 Å². The van der Waals surface area contributed by atoms with E-state index in [4.69, 9.17) is 4.74 Å². The van der Waals surface area contributed by atoms with Crippen LogP contribution in [-0.2, 0) is 23.1 Å². The molecule has 4 rings (SSSR count). The van der Waals surface area contributed by atoms with Gasteiger partial charge in [0.15, 0.2) is 0 Å². The Labute approximate surface area is 173 Å². The zero-order valence-corrected chi connectivity index (χ0v) is 17.8. The number of hydrogen-bond acceptors (Lipinski definition) is 4. The van der Waals surface area contributed by atoms with Crippen LogP contribution >= 0.6 is 0 Å². The van der Waals surface area contributed by atoms with Gasteiger partial charge in [0.2, 0.25) is 5.91 Å². The second-order valence-corrected chi connectivity index (χ2v) is 8.37. The van der Waals surface area contributed by atoms with E-state index in [2.05, 4.69) is 52.2 Å². The van der Waals surface area contributed by atoms with Crippen molar-refractivity contribution in [3.63, 3.8) is 0 Å². The monoisotopic (exact) mass is 396 g/mol. The minimum atomic E-state index is -0.0210. The van der Waals surface area contributed by atoms with Crippen molar-refractivity contribution < 1.29 is 9.53 Å². The number of likely N-dealkylation sites (tertiary alicyclic amines) is 1. The van der Waals surface area contributed by atoms with Crippen molar-refractivity contribution >= 4 is 5.91 Å². The largest absolute Gasteiger partial charge is 0.377 e. The maximum Gasteiger partial charge on any atom is 0.226 e. The fraction of sp³-hybridized carbons (Fsp3) is 0.565. The number of benzene rings is 1. The van der Waals surface area contributed by atoms with Crippen LogP contribution in [0.1, 0.15) is 41.4 Å². The van der Waals surface area contributed by atoms with Crippen LogP contribution < -0.4 is 0 Å². The molecule has 29 heavy (non-hydrogen) atoms. The fourth-order valence-corrected chi connectivity index (χ4v) is 4.79. The molecule has 0 spiro atoms. The van der Waals surface area contributed by atoms with Crippen LogP contribution in [0.2, 0.25) is 0 Å². The van der Waals surface area contributed by atoms with Gasteiger partial charge in [-0.2, -0.15) is 5.10 Å². The average Bonchev–Trinajstić information content (AvgIpc) is 3.00. The molecule has 2 aliphatic heterocycles. The molecule has 2 aliphatic rings. The number of morpholine rings is 1. The molecule has 2 fully saturated rings. The summed E-state index contributed by atoms with van der Waals surface area (Å²) in [6.45, 7) is 8.88. The number of piperidine rings is 1. The molecule has 1 aromatic carbocycles. The molecule has 0 unspecified atom stereocenters. The highest BCUT2D eigenvalue weighted by atomic mass is 16.5. The van der Waals surface area contributed by atoms with Crippen molar-refractivity contribution in [2.24, 2.45) is 13.0 Å². The van der Waals surface area contributed by atoms with Gasteiger partial charge in [0.1, 0.15) is 0 Å². The molecule has 0 radical (unpaired) electrons. The number of hydrogen-bond donors (Lipinski definition) is 0. The van der Waals surface area contributed by atoms with E-state index < -0.39 is 0 Å². The molecule has 6 nitrogen and oxygen atoms in total. The van der Waals surface area contributed by atoms with Crippen LogP contribution in [0, 0.1) is 19.8 Å². The smallest absolute Gasteiger partial charge is 0.226 e. The summed E-state index contributed by atoms with van der Waals surface area (Å²) in [5, 5.41) is 4.56. The van der Waals surface area contributed by atoms with Crippen molar-refractivity contribution in [2.45, 2.75) is 39.3 Å². The van der Waals surface area contributed by atoms with Gasteiger partial charge in [-0.15, -0.1) is 0 Å². The predicted molar refractivity (Wildman–Crippen MR) is 112 cm³/mol. The normalized spacial score (nSPS) is 21.5. The highest BCUT2D eigenvalue weighted by Crippen LogP contribution is 2.32. The highest BCUT2D eigenvalue weighted by molar-refractivity contribution is 5.79. The number of rotatable bonds is 4. The SMILES string of the molecule is Cc1nn(C)c(C)c1[C@H]1COCCN1C(=O)C1CCN(Cc2ccccc2)CC1. The highest BCUT2D eigenvalue weighted by Gasteiger charge is 2.36. The summed E-state index contributed by atoms with van der Waals surface area (Å²) in [5.74, 6) is 0.403. The van der Waals surface area contributed by atoms with Crippen LogP contribution in [0.15, 0.2) is 30.3 Å². The summed E-state index contributed by atoms with van der Waals surface area (Å²) in [6, 6.07) is 10.6. The Morgan fingerprint density at radius 2 is 1.86 bits per heavy atom. The minimum Gasteiger partial charge on any atom is -0.377 e. The van der Waals surface area contributed by atoms with Crippen molar-refractivity contribution in [2.75, 3.05) is 32.8 Å². The predicted octanol–water partition coefficient (Wildman–Crippen LogP) is 2.85. The molecule has 2 aromatic rings. The summed E-state index contributed by atoms with van der Waals surface area (Å²) in [7, 11) is 1.96. The van der Waals surface area contributed by atoms with E-state index in [1.165, 1.54) is 5.56 Å². The first-order chi connectivity index (χ1) is 14.0. The minimum absolute atomic E-state index is 0.0210. The van der Waals surface area contributed by atoms with Crippen LogP contribution in [0.4, 0.5) is 0 Å². The number of aromatic nitrogens is 2. The topological polar surface area (TPSA) is 50.6 Å². The number of carbonyl (C=O) groups is 1. The molecular formula is C23H32N4O2. The Bertz CT molecular complexity index is 840.